The Kier molecular flexibility index (Phi) is 30.1. The number of anilines is 6. The van der Waals surface area contributed by atoms with Crippen molar-refractivity contribution in [3.63, 3.8) is 0 Å². The first-order chi connectivity index (χ1) is 33.4. The van der Waals surface area contributed by atoms with Crippen molar-refractivity contribution in [2.24, 2.45) is 10.7 Å². The van der Waals surface area contributed by atoms with Crippen LogP contribution in [0.3, 0.4) is 0 Å². The number of piperazine rings is 2. The zero-order valence-electron chi connectivity index (χ0n) is 41.2. The molecule has 1 atom stereocenters. The number of thiazole rings is 1. The van der Waals surface area contributed by atoms with Crippen LogP contribution in [0.15, 0.2) is 102 Å². The summed E-state index contributed by atoms with van der Waals surface area (Å²) in [6, 6.07) is 30.3. The largest absolute Gasteiger partial charge is 0.508 e. The summed E-state index contributed by atoms with van der Waals surface area (Å²) in [6.07, 6.45) is 0. The van der Waals surface area contributed by atoms with E-state index in [0.717, 1.165) is 76.4 Å². The molecular formula is C52H76BrN10O6PS3. The van der Waals surface area contributed by atoms with Crippen LogP contribution < -0.4 is 31.9 Å². The minimum absolute atomic E-state index is 0. The first-order valence-electron chi connectivity index (χ1n) is 22.8. The predicted octanol–water partition coefficient (Wildman–Crippen LogP) is 10.3. The third-order valence-electron chi connectivity index (χ3n) is 10.8. The summed E-state index contributed by atoms with van der Waals surface area (Å²) in [4.78, 5) is 51.4. The minimum atomic E-state index is -0.833. The number of carbonyl (C=O) groups excluding carboxylic acids is 2. The number of rotatable bonds is 12. The highest BCUT2D eigenvalue weighted by atomic mass is 79.9. The molecule has 2 aliphatic heterocycles. The molecule has 7 rings (SSSR count). The van der Waals surface area contributed by atoms with Gasteiger partial charge in [0.25, 0.3) is 5.97 Å². The molecule has 0 spiro atoms. The number of alkyl halides is 1. The SMILES string of the molecule is C.C.CC(=O)O.CC(C)N1CCN(c2ccc(Nc3nc(N)c(C(=O)c4cccc(O)c4)s3)cc2)CC1.CCSC(N)=NC(=S)Nc1ccc(N2CCN(C(C)C)CC2)cc1.O=C(CBr)c1cccc(O)c1.P. The molecule has 0 saturated carbocycles. The third kappa shape index (κ3) is 22.4. The molecule has 5 aromatic rings. The number of carbonyl (C=O) groups is 3. The van der Waals surface area contributed by atoms with E-state index >= 15 is 0 Å². The number of aliphatic carboxylic acids is 1. The molecule has 2 saturated heterocycles. The second-order valence-corrected chi connectivity index (χ2v) is 19.7. The fourth-order valence-corrected chi connectivity index (χ4v) is 9.06. The Hall–Kier alpha value is -5.34. The maximum absolute atomic E-state index is 12.7. The average Bonchev–Trinajstić information content (AvgIpc) is 3.70. The fraction of sp³-hybridized carbons (Fsp3) is 0.385. The number of nitrogens with one attached hydrogen (secondary N) is 2. The molecule has 0 bridgehead atoms. The number of ketones is 2. The number of thiocarbonyl (C=S) groups is 1. The molecule has 0 radical (unpaired) electrons. The average molecular weight is 1140 g/mol. The van der Waals surface area contributed by atoms with Gasteiger partial charge >= 0.3 is 0 Å². The Morgan fingerprint density at radius 3 is 1.64 bits per heavy atom. The lowest BCUT2D eigenvalue weighted by atomic mass is 10.1. The number of Topliss-reactive ketones (excluding diaryl/α,β-unsaturated/α-hetero) is 1. The zero-order valence-corrected chi connectivity index (χ0v) is 46.6. The van der Waals surface area contributed by atoms with Gasteiger partial charge in [0, 0.05) is 105 Å². The van der Waals surface area contributed by atoms with E-state index in [9.17, 15) is 14.7 Å². The number of nitrogens with two attached hydrogens (primary N) is 2. The van der Waals surface area contributed by atoms with Crippen LogP contribution in [0.1, 0.15) is 82.0 Å². The molecule has 73 heavy (non-hydrogen) atoms. The molecule has 400 valence electrons. The Bertz CT molecular complexity index is 2500. The molecule has 0 amide bonds. The molecule has 21 heteroatoms. The third-order valence-corrected chi connectivity index (χ3v) is 13.2. The van der Waals surface area contributed by atoms with Crippen LogP contribution in [-0.4, -0.2) is 133 Å². The van der Waals surface area contributed by atoms with E-state index in [1.54, 1.807) is 24.3 Å². The van der Waals surface area contributed by atoms with E-state index in [1.165, 1.54) is 58.7 Å². The van der Waals surface area contributed by atoms with Gasteiger partial charge in [0.2, 0.25) is 5.78 Å². The van der Waals surface area contributed by atoms with Crippen LogP contribution in [0.5, 0.6) is 11.5 Å². The number of phenols is 2. The lowest BCUT2D eigenvalue weighted by Gasteiger charge is -2.38. The van der Waals surface area contributed by atoms with Crippen molar-refractivity contribution in [1.82, 2.24) is 14.8 Å². The fourth-order valence-electron chi connectivity index (χ4n) is 7.14. The number of aromatic hydroxyl groups is 2. The number of carboxylic acids is 1. The first-order valence-corrected chi connectivity index (χ1v) is 26.1. The lowest BCUT2D eigenvalue weighted by molar-refractivity contribution is -0.134. The minimum Gasteiger partial charge on any atom is -0.508 e. The number of nitrogen functional groups attached to an aromatic ring is 1. The number of benzene rings is 4. The predicted molar refractivity (Wildman–Crippen MR) is 322 cm³/mol. The number of nitrogens with zero attached hydrogens (tertiary/aromatic N) is 6. The Labute approximate surface area is 457 Å². The van der Waals surface area contributed by atoms with Crippen molar-refractivity contribution in [2.45, 2.75) is 68.5 Å². The highest BCUT2D eigenvalue weighted by Crippen LogP contribution is 2.31. The summed E-state index contributed by atoms with van der Waals surface area (Å²) in [5.74, 6) is 0.113. The van der Waals surface area contributed by atoms with Gasteiger partial charge in [-0.2, -0.15) is 14.9 Å². The van der Waals surface area contributed by atoms with Gasteiger partial charge in [-0.05, 0) is 118 Å². The molecule has 2 fully saturated rings. The maximum Gasteiger partial charge on any atom is 0.300 e. The lowest BCUT2D eigenvalue weighted by Crippen LogP contribution is -2.48. The van der Waals surface area contributed by atoms with Crippen LogP contribution in [-0.2, 0) is 4.79 Å². The summed E-state index contributed by atoms with van der Waals surface area (Å²) >= 11 is 10.9. The van der Waals surface area contributed by atoms with Crippen molar-refractivity contribution in [3.8, 4) is 11.5 Å². The Morgan fingerprint density at radius 2 is 1.22 bits per heavy atom. The molecule has 1 unspecified atom stereocenters. The van der Waals surface area contributed by atoms with Gasteiger partial charge in [0.1, 0.15) is 22.2 Å². The number of thioether (sulfide) groups is 1. The number of aliphatic imine (C=N–C) groups is 1. The van der Waals surface area contributed by atoms with Crippen molar-refractivity contribution in [3.05, 3.63) is 113 Å². The number of hydrogen-bond acceptors (Lipinski definition) is 15. The number of halogens is 1. The monoisotopic (exact) mass is 1140 g/mol. The normalized spacial score (nSPS) is 13.5. The van der Waals surface area contributed by atoms with Gasteiger partial charge in [-0.3, -0.25) is 24.2 Å². The summed E-state index contributed by atoms with van der Waals surface area (Å²) < 4.78 is 0. The standard InChI is InChI=1S/C23H27N5O2S.C17H27N5S2.C8H7BrO2.C2H4O2.2CH4.H3P/c1-15(2)27-10-12-28(13-11-27)18-8-6-17(7-9-18)25-23-26-22(24)21(31-23)20(30)16-4-3-5-19(29)14-16;1-4-24-16(18)20-17(23)19-14-5-7-15(8-6-14)22-11-9-21(10-12-22)13(2)3;9-5-8(11)6-2-1-3-7(10)4-6;1-2(3)4;;;/h3-9,14-15,29H,10-13,24H2,1-2H3,(H,25,26);5-8,13H,4,9-12H2,1-3H3,(H3,18,19,20,23);1-4,10H,5H2;1H3,(H,3,4);2*1H4;1H3. The summed E-state index contributed by atoms with van der Waals surface area (Å²) in [5, 5.41) is 34.1. The molecule has 4 aromatic carbocycles. The number of phenolic OH excluding ortho intramolecular Hbond substituents is 2. The molecule has 0 aliphatic carbocycles. The molecule has 9 N–H and O–H groups in total. The molecule has 16 nitrogen and oxygen atoms in total. The van der Waals surface area contributed by atoms with Crippen molar-refractivity contribution in [1.29, 1.82) is 0 Å². The van der Waals surface area contributed by atoms with Gasteiger partial charge in [-0.25, -0.2) is 4.98 Å². The van der Waals surface area contributed by atoms with E-state index in [0.29, 0.717) is 43.5 Å². The summed E-state index contributed by atoms with van der Waals surface area (Å²) in [5.41, 5.74) is 16.9. The maximum atomic E-state index is 12.7. The van der Waals surface area contributed by atoms with E-state index in [4.69, 9.17) is 38.7 Å². The van der Waals surface area contributed by atoms with Gasteiger partial charge < -0.3 is 47.2 Å². The van der Waals surface area contributed by atoms with Gasteiger partial charge in [0.05, 0.1) is 5.33 Å². The smallest absolute Gasteiger partial charge is 0.300 e. The Balaban J connectivity index is 0.000000562. The number of hydrogen-bond donors (Lipinski definition) is 7. The van der Waals surface area contributed by atoms with Crippen LogP contribution in [0.4, 0.5) is 33.7 Å². The zero-order chi connectivity index (χ0) is 51.3. The first kappa shape index (κ1) is 65.7. The van der Waals surface area contributed by atoms with Gasteiger partial charge in [-0.1, -0.05) is 85.1 Å². The molecule has 1 aromatic heterocycles. The quantitative estimate of drug-likeness (QED) is 0.0154. The molecule has 3 heterocycles. The van der Waals surface area contributed by atoms with E-state index in [-0.39, 0.29) is 59.0 Å². The van der Waals surface area contributed by atoms with E-state index in [1.807, 2.05) is 31.2 Å². The molecular weight excluding hydrogens is 1070 g/mol. The van der Waals surface area contributed by atoms with E-state index < -0.39 is 5.97 Å². The summed E-state index contributed by atoms with van der Waals surface area (Å²) in [6.45, 7) is 20.7. The molecule has 2 aliphatic rings. The topological polar surface area (TPSA) is 226 Å². The second-order valence-electron chi connectivity index (χ2n) is 16.5. The number of aromatic nitrogens is 1. The van der Waals surface area contributed by atoms with Crippen molar-refractivity contribution >= 4 is 123 Å². The van der Waals surface area contributed by atoms with Crippen LogP contribution in [0.25, 0.3) is 0 Å². The second kappa shape index (κ2) is 33.5. The van der Waals surface area contributed by atoms with Crippen molar-refractivity contribution in [2.75, 3.05) is 89.6 Å². The number of carboxylic acid groups (broad SMARTS) is 1. The highest BCUT2D eigenvalue weighted by molar-refractivity contribution is 9.09. The van der Waals surface area contributed by atoms with Crippen LogP contribution in [0, 0.1) is 0 Å². The summed E-state index contributed by atoms with van der Waals surface area (Å²) in [7, 11) is 0. The Morgan fingerprint density at radius 1 is 0.781 bits per heavy atom. The van der Waals surface area contributed by atoms with Crippen LogP contribution >= 0.6 is 61.1 Å². The van der Waals surface area contributed by atoms with Gasteiger partial charge in [-0.15, -0.1) is 0 Å². The van der Waals surface area contributed by atoms with Crippen LogP contribution in [0.2, 0.25) is 0 Å². The number of amidine groups is 1. The highest BCUT2D eigenvalue weighted by Gasteiger charge is 2.21. The van der Waals surface area contributed by atoms with Crippen molar-refractivity contribution < 1.29 is 29.7 Å². The van der Waals surface area contributed by atoms with E-state index in [2.05, 4.69) is 108 Å². The van der Waals surface area contributed by atoms with Gasteiger partial charge in [0.15, 0.2) is 21.2 Å².